The second-order valence-electron chi connectivity index (χ2n) is 5.58. The lowest BCUT2D eigenvalue weighted by molar-refractivity contribution is 0.130. The molecule has 0 aromatic carbocycles. The van der Waals surface area contributed by atoms with Crippen molar-refractivity contribution in [3.63, 3.8) is 0 Å². The molecule has 0 radical (unpaired) electrons. The standard InChI is InChI=1S/C14H30N2/c1-5-7-12(3)10-16-9-8-14(15-6-2)13(4)11-16/h12-15H,5-11H2,1-4H3. The SMILES string of the molecule is CCCC(C)CN1CCC(NCC)C(C)C1. The second kappa shape index (κ2) is 7.29. The number of piperidine rings is 1. The molecule has 0 aromatic heterocycles. The second-order valence-corrected chi connectivity index (χ2v) is 5.58. The van der Waals surface area contributed by atoms with Gasteiger partial charge >= 0.3 is 0 Å². The first-order valence-corrected chi connectivity index (χ1v) is 7.13. The van der Waals surface area contributed by atoms with E-state index in [2.05, 4.69) is 37.9 Å². The van der Waals surface area contributed by atoms with Crippen molar-refractivity contribution in [2.45, 2.75) is 53.0 Å². The van der Waals surface area contributed by atoms with E-state index in [1.54, 1.807) is 0 Å². The van der Waals surface area contributed by atoms with Gasteiger partial charge in [-0.25, -0.2) is 0 Å². The fourth-order valence-corrected chi connectivity index (χ4v) is 2.99. The molecule has 2 nitrogen and oxygen atoms in total. The Morgan fingerprint density at radius 3 is 2.69 bits per heavy atom. The average Bonchev–Trinajstić information content (AvgIpc) is 2.22. The largest absolute Gasteiger partial charge is 0.314 e. The molecule has 0 saturated carbocycles. The summed E-state index contributed by atoms with van der Waals surface area (Å²) in [5, 5.41) is 3.61. The molecular formula is C14H30N2. The van der Waals surface area contributed by atoms with Crippen LogP contribution in [0.5, 0.6) is 0 Å². The molecule has 3 atom stereocenters. The summed E-state index contributed by atoms with van der Waals surface area (Å²) in [6.45, 7) is 14.3. The summed E-state index contributed by atoms with van der Waals surface area (Å²) in [7, 11) is 0. The van der Waals surface area contributed by atoms with Gasteiger partial charge in [0, 0.05) is 19.1 Å². The van der Waals surface area contributed by atoms with Gasteiger partial charge < -0.3 is 10.2 Å². The molecule has 0 bridgehead atoms. The van der Waals surface area contributed by atoms with Crippen LogP contribution in [-0.2, 0) is 0 Å². The summed E-state index contributed by atoms with van der Waals surface area (Å²) in [6.07, 6.45) is 4.03. The van der Waals surface area contributed by atoms with Gasteiger partial charge in [-0.1, -0.05) is 34.1 Å². The van der Waals surface area contributed by atoms with Crippen molar-refractivity contribution in [3.8, 4) is 0 Å². The lowest BCUT2D eigenvalue weighted by atomic mass is 9.92. The summed E-state index contributed by atoms with van der Waals surface area (Å²) in [5.41, 5.74) is 0. The lowest BCUT2D eigenvalue weighted by Crippen LogP contribution is -2.49. The molecule has 0 spiro atoms. The number of nitrogens with zero attached hydrogens (tertiary/aromatic N) is 1. The Bertz CT molecular complexity index is 182. The first kappa shape index (κ1) is 14.0. The van der Waals surface area contributed by atoms with Crippen LogP contribution in [0.1, 0.15) is 47.0 Å². The van der Waals surface area contributed by atoms with Gasteiger partial charge in [-0.2, -0.15) is 0 Å². The third-order valence-corrected chi connectivity index (χ3v) is 3.81. The van der Waals surface area contributed by atoms with E-state index in [1.165, 1.54) is 38.9 Å². The van der Waals surface area contributed by atoms with Gasteiger partial charge in [-0.3, -0.25) is 0 Å². The smallest absolute Gasteiger partial charge is 0.0117 e. The van der Waals surface area contributed by atoms with Gasteiger partial charge in [0.05, 0.1) is 0 Å². The molecule has 0 aromatic rings. The van der Waals surface area contributed by atoms with Crippen LogP contribution in [0.2, 0.25) is 0 Å². The Kier molecular flexibility index (Phi) is 6.37. The highest BCUT2D eigenvalue weighted by Gasteiger charge is 2.25. The highest BCUT2D eigenvalue weighted by atomic mass is 15.1. The molecule has 0 amide bonds. The molecule has 1 aliphatic heterocycles. The van der Waals surface area contributed by atoms with E-state index in [4.69, 9.17) is 0 Å². The van der Waals surface area contributed by atoms with Crippen LogP contribution in [0.15, 0.2) is 0 Å². The van der Waals surface area contributed by atoms with Crippen molar-refractivity contribution in [2.24, 2.45) is 11.8 Å². The van der Waals surface area contributed by atoms with Crippen molar-refractivity contribution in [1.82, 2.24) is 10.2 Å². The zero-order chi connectivity index (χ0) is 12.0. The van der Waals surface area contributed by atoms with E-state index in [0.717, 1.165) is 24.4 Å². The highest BCUT2D eigenvalue weighted by Crippen LogP contribution is 2.18. The molecule has 2 heteroatoms. The fourth-order valence-electron chi connectivity index (χ4n) is 2.99. The third kappa shape index (κ3) is 4.42. The Balaban J connectivity index is 2.28. The first-order valence-electron chi connectivity index (χ1n) is 7.13. The quantitative estimate of drug-likeness (QED) is 0.749. The number of nitrogens with one attached hydrogen (secondary N) is 1. The van der Waals surface area contributed by atoms with E-state index in [0.29, 0.717) is 0 Å². The van der Waals surface area contributed by atoms with E-state index in [-0.39, 0.29) is 0 Å². The summed E-state index contributed by atoms with van der Waals surface area (Å²) in [6, 6.07) is 0.753. The van der Waals surface area contributed by atoms with Crippen molar-refractivity contribution in [3.05, 3.63) is 0 Å². The molecule has 1 N–H and O–H groups in total. The molecule has 1 fully saturated rings. The maximum absolute atomic E-state index is 3.61. The Labute approximate surface area is 102 Å². The monoisotopic (exact) mass is 226 g/mol. The van der Waals surface area contributed by atoms with Crippen LogP contribution < -0.4 is 5.32 Å². The van der Waals surface area contributed by atoms with Crippen molar-refractivity contribution >= 4 is 0 Å². The molecule has 16 heavy (non-hydrogen) atoms. The Hall–Kier alpha value is -0.0800. The minimum absolute atomic E-state index is 0.753. The molecule has 0 aliphatic carbocycles. The van der Waals surface area contributed by atoms with Crippen LogP contribution in [0.25, 0.3) is 0 Å². The predicted octanol–water partition coefficient (Wildman–Crippen LogP) is 2.74. The molecule has 96 valence electrons. The average molecular weight is 226 g/mol. The van der Waals surface area contributed by atoms with Gasteiger partial charge in [0.25, 0.3) is 0 Å². The zero-order valence-corrected chi connectivity index (χ0v) is 11.6. The number of rotatable bonds is 6. The predicted molar refractivity (Wildman–Crippen MR) is 71.8 cm³/mol. The van der Waals surface area contributed by atoms with Gasteiger partial charge in [-0.15, -0.1) is 0 Å². The topological polar surface area (TPSA) is 15.3 Å². The molecule has 1 aliphatic rings. The summed E-state index contributed by atoms with van der Waals surface area (Å²) in [5.74, 6) is 1.68. The Morgan fingerprint density at radius 2 is 2.12 bits per heavy atom. The van der Waals surface area contributed by atoms with Crippen LogP contribution >= 0.6 is 0 Å². The summed E-state index contributed by atoms with van der Waals surface area (Å²) >= 11 is 0. The van der Waals surface area contributed by atoms with Crippen molar-refractivity contribution < 1.29 is 0 Å². The van der Waals surface area contributed by atoms with Crippen LogP contribution in [0.4, 0.5) is 0 Å². The fraction of sp³-hybridized carbons (Fsp3) is 1.00. The maximum atomic E-state index is 3.61. The van der Waals surface area contributed by atoms with E-state index < -0.39 is 0 Å². The molecule has 3 unspecified atom stereocenters. The van der Waals surface area contributed by atoms with Crippen LogP contribution in [0, 0.1) is 11.8 Å². The lowest BCUT2D eigenvalue weighted by Gasteiger charge is -2.38. The number of likely N-dealkylation sites (tertiary alicyclic amines) is 1. The van der Waals surface area contributed by atoms with E-state index >= 15 is 0 Å². The third-order valence-electron chi connectivity index (χ3n) is 3.81. The Morgan fingerprint density at radius 1 is 1.38 bits per heavy atom. The maximum Gasteiger partial charge on any atom is 0.0117 e. The molecule has 1 heterocycles. The van der Waals surface area contributed by atoms with Gasteiger partial charge in [-0.05, 0) is 37.8 Å². The van der Waals surface area contributed by atoms with E-state index in [1.807, 2.05) is 0 Å². The zero-order valence-electron chi connectivity index (χ0n) is 11.6. The molecular weight excluding hydrogens is 196 g/mol. The summed E-state index contributed by atoms with van der Waals surface area (Å²) < 4.78 is 0. The normalized spacial score (nSPS) is 29.2. The van der Waals surface area contributed by atoms with Crippen LogP contribution in [-0.4, -0.2) is 37.1 Å². The van der Waals surface area contributed by atoms with E-state index in [9.17, 15) is 0 Å². The number of hydrogen-bond donors (Lipinski definition) is 1. The van der Waals surface area contributed by atoms with Crippen molar-refractivity contribution in [2.75, 3.05) is 26.2 Å². The first-order chi connectivity index (χ1) is 7.67. The molecule has 1 rings (SSSR count). The molecule has 1 saturated heterocycles. The van der Waals surface area contributed by atoms with Gasteiger partial charge in [0.1, 0.15) is 0 Å². The van der Waals surface area contributed by atoms with Gasteiger partial charge in [0.2, 0.25) is 0 Å². The van der Waals surface area contributed by atoms with Gasteiger partial charge in [0.15, 0.2) is 0 Å². The minimum Gasteiger partial charge on any atom is -0.314 e. The van der Waals surface area contributed by atoms with Crippen molar-refractivity contribution in [1.29, 1.82) is 0 Å². The highest BCUT2D eigenvalue weighted by molar-refractivity contribution is 4.82. The number of hydrogen-bond acceptors (Lipinski definition) is 2. The minimum atomic E-state index is 0.753. The summed E-state index contributed by atoms with van der Waals surface area (Å²) in [4.78, 5) is 2.67. The van der Waals surface area contributed by atoms with Crippen LogP contribution in [0.3, 0.4) is 0 Å².